The highest BCUT2D eigenvalue weighted by Gasteiger charge is 2.32. The molecule has 0 amide bonds. The van der Waals surface area contributed by atoms with Crippen LogP contribution in [0.3, 0.4) is 0 Å². The Bertz CT molecular complexity index is 403. The van der Waals surface area contributed by atoms with Gasteiger partial charge < -0.3 is 14.8 Å². The third kappa shape index (κ3) is 4.72. The highest BCUT2D eigenvalue weighted by molar-refractivity contribution is 5.33. The molecule has 0 radical (unpaired) electrons. The summed E-state index contributed by atoms with van der Waals surface area (Å²) in [6, 6.07) is 6.35. The summed E-state index contributed by atoms with van der Waals surface area (Å²) in [4.78, 5) is 0. The van der Waals surface area contributed by atoms with E-state index in [1.165, 1.54) is 12.1 Å². The summed E-state index contributed by atoms with van der Waals surface area (Å²) in [5.41, 5.74) is 0.491. The fourth-order valence-electron chi connectivity index (χ4n) is 2.03. The molecule has 0 spiro atoms. The first-order valence-corrected chi connectivity index (χ1v) is 6.19. The number of ether oxygens (including phenoxy) is 2. The Hall–Kier alpha value is -1.27. The summed E-state index contributed by atoms with van der Waals surface area (Å²) in [5.74, 6) is -0.153. The van der Waals surface area contributed by atoms with Crippen molar-refractivity contribution in [2.24, 2.45) is 0 Å². The van der Waals surface area contributed by atoms with Crippen LogP contribution in [0.2, 0.25) is 0 Å². The van der Waals surface area contributed by atoms with Crippen LogP contribution in [0.25, 0.3) is 0 Å². The first-order chi connectivity index (χ1) is 9.04. The van der Waals surface area contributed by atoms with Gasteiger partial charge in [-0.2, -0.15) is 0 Å². The summed E-state index contributed by atoms with van der Waals surface area (Å²) in [6.07, 6.45) is -2.72. The smallest absolute Gasteiger partial charge is 0.405 e. The first kappa shape index (κ1) is 14.1. The van der Waals surface area contributed by atoms with E-state index < -0.39 is 6.36 Å². The maximum absolute atomic E-state index is 12.3. The normalized spacial score (nSPS) is 20.3. The van der Waals surface area contributed by atoms with Gasteiger partial charge in [-0.3, -0.25) is 0 Å². The SMILES string of the molecule is FC(F)(F)Oc1ccccc1CN[C@H]1CCCOC1. The predicted molar refractivity (Wildman–Crippen MR) is 63.8 cm³/mol. The lowest BCUT2D eigenvalue weighted by Crippen LogP contribution is -2.36. The molecule has 1 fully saturated rings. The lowest BCUT2D eigenvalue weighted by Gasteiger charge is -2.23. The second-order valence-corrected chi connectivity index (χ2v) is 4.45. The highest BCUT2D eigenvalue weighted by Crippen LogP contribution is 2.26. The molecule has 0 saturated carbocycles. The molecule has 1 aromatic rings. The predicted octanol–water partition coefficient (Wildman–Crippen LogP) is 2.85. The van der Waals surface area contributed by atoms with E-state index in [1.807, 2.05) is 0 Å². The summed E-state index contributed by atoms with van der Waals surface area (Å²) in [5, 5.41) is 3.19. The van der Waals surface area contributed by atoms with Gasteiger partial charge in [-0.15, -0.1) is 13.2 Å². The molecule has 6 heteroatoms. The molecule has 1 aromatic carbocycles. The van der Waals surface area contributed by atoms with E-state index >= 15 is 0 Å². The monoisotopic (exact) mass is 275 g/mol. The Labute approximate surface area is 109 Å². The van der Waals surface area contributed by atoms with Crippen LogP contribution in [-0.2, 0) is 11.3 Å². The molecular weight excluding hydrogens is 259 g/mol. The highest BCUT2D eigenvalue weighted by atomic mass is 19.4. The molecule has 1 atom stereocenters. The molecule has 0 bridgehead atoms. The molecule has 3 nitrogen and oxygen atoms in total. The maximum Gasteiger partial charge on any atom is 0.573 e. The van der Waals surface area contributed by atoms with E-state index in [0.717, 1.165) is 19.4 Å². The lowest BCUT2D eigenvalue weighted by molar-refractivity contribution is -0.274. The zero-order chi connectivity index (χ0) is 13.7. The Balaban J connectivity index is 1.95. The average Bonchev–Trinajstić information content (AvgIpc) is 2.37. The maximum atomic E-state index is 12.3. The number of halogens is 3. The molecule has 0 aromatic heterocycles. The topological polar surface area (TPSA) is 30.5 Å². The van der Waals surface area contributed by atoms with Crippen molar-refractivity contribution in [2.45, 2.75) is 31.8 Å². The molecule has 0 aliphatic carbocycles. The minimum absolute atomic E-state index is 0.153. The number of hydrogen-bond donors (Lipinski definition) is 1. The molecule has 106 valence electrons. The quantitative estimate of drug-likeness (QED) is 0.916. The van der Waals surface area contributed by atoms with Crippen molar-refractivity contribution >= 4 is 0 Å². The van der Waals surface area contributed by atoms with Crippen LogP contribution < -0.4 is 10.1 Å². The number of hydrogen-bond acceptors (Lipinski definition) is 3. The van der Waals surface area contributed by atoms with Crippen molar-refractivity contribution in [1.82, 2.24) is 5.32 Å². The van der Waals surface area contributed by atoms with Crippen LogP contribution in [-0.4, -0.2) is 25.6 Å². The fraction of sp³-hybridized carbons (Fsp3) is 0.538. The summed E-state index contributed by atoms with van der Waals surface area (Å²) >= 11 is 0. The summed E-state index contributed by atoms with van der Waals surface area (Å²) < 4.78 is 46.1. The molecule has 2 rings (SSSR count). The molecule has 1 aliphatic heterocycles. The zero-order valence-corrected chi connectivity index (χ0v) is 10.4. The van der Waals surface area contributed by atoms with Gasteiger partial charge >= 0.3 is 6.36 Å². The molecule has 1 N–H and O–H groups in total. The zero-order valence-electron chi connectivity index (χ0n) is 10.4. The fourth-order valence-corrected chi connectivity index (χ4v) is 2.03. The van der Waals surface area contributed by atoms with Crippen LogP contribution in [0.4, 0.5) is 13.2 Å². The summed E-state index contributed by atoms with van der Waals surface area (Å²) in [6.45, 7) is 1.69. The van der Waals surface area contributed by atoms with Crippen molar-refractivity contribution in [3.05, 3.63) is 29.8 Å². The van der Waals surface area contributed by atoms with Crippen molar-refractivity contribution < 1.29 is 22.6 Å². The largest absolute Gasteiger partial charge is 0.573 e. The van der Waals surface area contributed by atoms with Gasteiger partial charge in [-0.25, -0.2) is 0 Å². The van der Waals surface area contributed by atoms with Gasteiger partial charge in [0.2, 0.25) is 0 Å². The number of rotatable bonds is 4. The van der Waals surface area contributed by atoms with Crippen LogP contribution in [0.1, 0.15) is 18.4 Å². The second kappa shape index (κ2) is 6.25. The second-order valence-electron chi connectivity index (χ2n) is 4.45. The van der Waals surface area contributed by atoms with Crippen molar-refractivity contribution in [2.75, 3.05) is 13.2 Å². The molecule has 1 aliphatic rings. The van der Waals surface area contributed by atoms with Crippen LogP contribution in [0.15, 0.2) is 24.3 Å². The third-order valence-corrected chi connectivity index (χ3v) is 2.94. The van der Waals surface area contributed by atoms with Gasteiger partial charge in [0.25, 0.3) is 0 Å². The van der Waals surface area contributed by atoms with E-state index in [9.17, 15) is 13.2 Å². The standard InChI is InChI=1S/C13H16F3NO2/c14-13(15,16)19-12-6-2-1-4-10(12)8-17-11-5-3-7-18-9-11/h1-2,4,6,11,17H,3,5,7-9H2/t11-/m0/s1. The number of nitrogens with one attached hydrogen (secondary N) is 1. The van der Waals surface area contributed by atoms with Gasteiger partial charge in [0.15, 0.2) is 0 Å². The molecule has 0 unspecified atom stereocenters. The van der Waals surface area contributed by atoms with E-state index in [1.54, 1.807) is 12.1 Å². The van der Waals surface area contributed by atoms with E-state index in [4.69, 9.17) is 4.74 Å². The lowest BCUT2D eigenvalue weighted by atomic mass is 10.1. The molecular formula is C13H16F3NO2. The Morgan fingerprint density at radius 3 is 2.79 bits per heavy atom. The van der Waals surface area contributed by atoms with Crippen LogP contribution in [0, 0.1) is 0 Å². The van der Waals surface area contributed by atoms with Gasteiger partial charge in [0.05, 0.1) is 6.61 Å². The third-order valence-electron chi connectivity index (χ3n) is 2.94. The average molecular weight is 275 g/mol. The minimum atomic E-state index is -4.66. The van der Waals surface area contributed by atoms with Crippen molar-refractivity contribution in [1.29, 1.82) is 0 Å². The summed E-state index contributed by atoms with van der Waals surface area (Å²) in [7, 11) is 0. The van der Waals surface area contributed by atoms with Crippen molar-refractivity contribution in [3.63, 3.8) is 0 Å². The van der Waals surface area contributed by atoms with E-state index in [-0.39, 0.29) is 11.8 Å². The minimum Gasteiger partial charge on any atom is -0.405 e. The Morgan fingerprint density at radius 2 is 2.11 bits per heavy atom. The Kier molecular flexibility index (Phi) is 4.66. The number of alkyl halides is 3. The van der Waals surface area contributed by atoms with Gasteiger partial charge in [0, 0.05) is 24.8 Å². The van der Waals surface area contributed by atoms with Crippen LogP contribution >= 0.6 is 0 Å². The van der Waals surface area contributed by atoms with Gasteiger partial charge in [0.1, 0.15) is 5.75 Å². The molecule has 19 heavy (non-hydrogen) atoms. The molecule has 1 saturated heterocycles. The number of para-hydroxylation sites is 1. The Morgan fingerprint density at radius 1 is 1.32 bits per heavy atom. The van der Waals surface area contributed by atoms with Gasteiger partial charge in [-0.05, 0) is 18.9 Å². The van der Waals surface area contributed by atoms with E-state index in [2.05, 4.69) is 10.1 Å². The first-order valence-electron chi connectivity index (χ1n) is 6.19. The number of benzene rings is 1. The van der Waals surface area contributed by atoms with Crippen LogP contribution in [0.5, 0.6) is 5.75 Å². The van der Waals surface area contributed by atoms with Gasteiger partial charge in [-0.1, -0.05) is 18.2 Å². The molecule has 1 heterocycles. The van der Waals surface area contributed by atoms with Crippen molar-refractivity contribution in [3.8, 4) is 5.75 Å². The van der Waals surface area contributed by atoms with E-state index in [0.29, 0.717) is 18.7 Å².